The molecule has 8 nitrogen and oxygen atoms in total. The Morgan fingerprint density at radius 1 is 1.34 bits per heavy atom. The summed E-state index contributed by atoms with van der Waals surface area (Å²) in [4.78, 5) is 6.86. The summed E-state index contributed by atoms with van der Waals surface area (Å²) < 4.78 is 36.9. The number of fused-ring (bicyclic) bond motifs is 4. The Morgan fingerprint density at radius 2 is 2.07 bits per heavy atom. The summed E-state index contributed by atoms with van der Waals surface area (Å²) in [5.41, 5.74) is 1.85. The van der Waals surface area contributed by atoms with E-state index < -0.39 is 16.5 Å². The molecule has 0 spiro atoms. The van der Waals surface area contributed by atoms with Crippen LogP contribution in [0.5, 0.6) is 5.75 Å². The van der Waals surface area contributed by atoms with E-state index >= 15 is 0 Å². The van der Waals surface area contributed by atoms with Gasteiger partial charge in [0.05, 0.1) is 18.7 Å². The van der Waals surface area contributed by atoms with Crippen LogP contribution in [0.2, 0.25) is 0 Å². The third-order valence-electron chi connectivity index (χ3n) is 5.82. The van der Waals surface area contributed by atoms with Crippen molar-refractivity contribution in [2.24, 2.45) is 11.8 Å². The second kappa shape index (κ2) is 8.76. The van der Waals surface area contributed by atoms with Gasteiger partial charge in [-0.2, -0.15) is 8.42 Å². The molecule has 29 heavy (non-hydrogen) atoms. The number of aliphatic hydroxyl groups is 1. The average Bonchev–Trinajstić information content (AvgIpc) is 2.71. The van der Waals surface area contributed by atoms with Gasteiger partial charge in [0.1, 0.15) is 5.75 Å². The van der Waals surface area contributed by atoms with E-state index in [0.29, 0.717) is 11.8 Å². The van der Waals surface area contributed by atoms with E-state index in [9.17, 15) is 5.11 Å². The van der Waals surface area contributed by atoms with Gasteiger partial charge >= 0.3 is 10.4 Å². The third kappa shape index (κ3) is 5.12. The lowest BCUT2D eigenvalue weighted by molar-refractivity contribution is -0.0444. The fraction of sp³-hybridized carbons (Fsp3) is 0.450. The first-order valence-corrected chi connectivity index (χ1v) is 10.8. The van der Waals surface area contributed by atoms with Gasteiger partial charge in [0.2, 0.25) is 0 Å². The first kappa shape index (κ1) is 21.7. The van der Waals surface area contributed by atoms with Gasteiger partial charge in [-0.15, -0.1) is 6.58 Å². The summed E-state index contributed by atoms with van der Waals surface area (Å²) in [6.45, 7) is 6.07. The van der Waals surface area contributed by atoms with E-state index in [1.807, 2.05) is 24.3 Å². The zero-order chi connectivity index (χ0) is 21.2. The largest absolute Gasteiger partial charge is 0.497 e. The number of piperidine rings is 3. The molecule has 4 heterocycles. The quantitative estimate of drug-likeness (QED) is 0.508. The standard InChI is InChI=1S/C20H24N2O2.H2O4S/c1-3-13-12-22-9-7-14(13)10-19(22)20(23)16-6-8-21-18-5-4-15(24-2)11-17(16)18;1-5(2,3)4/h3-6,8,11,13-14,19-20,23H,1,7,9-10,12H2,2H3;(H2,1,2,3,4)/t13?,14-,19+,20-;/m0./s1. The molecule has 0 amide bonds. The number of nitrogens with zero attached hydrogens (tertiary/aromatic N) is 2. The van der Waals surface area contributed by atoms with Crippen molar-refractivity contribution in [3.05, 3.63) is 48.7 Å². The van der Waals surface area contributed by atoms with Crippen molar-refractivity contribution >= 4 is 21.3 Å². The van der Waals surface area contributed by atoms with Crippen LogP contribution in [0, 0.1) is 11.8 Å². The maximum atomic E-state index is 11.2. The highest BCUT2D eigenvalue weighted by atomic mass is 32.3. The van der Waals surface area contributed by atoms with Crippen molar-refractivity contribution in [1.82, 2.24) is 9.88 Å². The Kier molecular flexibility index (Phi) is 6.55. The van der Waals surface area contributed by atoms with E-state index in [0.717, 1.165) is 41.7 Å². The number of hydrogen-bond acceptors (Lipinski definition) is 6. The first-order valence-electron chi connectivity index (χ1n) is 9.38. The van der Waals surface area contributed by atoms with Crippen LogP contribution in [0.25, 0.3) is 10.9 Å². The van der Waals surface area contributed by atoms with Crippen molar-refractivity contribution < 1.29 is 27.4 Å². The molecule has 0 saturated carbocycles. The summed E-state index contributed by atoms with van der Waals surface area (Å²) in [5, 5.41) is 12.1. The zero-order valence-electron chi connectivity index (χ0n) is 16.2. The van der Waals surface area contributed by atoms with Crippen LogP contribution in [0.3, 0.4) is 0 Å². The predicted molar refractivity (Wildman–Crippen MR) is 109 cm³/mol. The van der Waals surface area contributed by atoms with Crippen LogP contribution >= 0.6 is 0 Å². The van der Waals surface area contributed by atoms with E-state index in [2.05, 4.69) is 22.5 Å². The highest BCUT2D eigenvalue weighted by molar-refractivity contribution is 7.79. The summed E-state index contributed by atoms with van der Waals surface area (Å²) in [7, 11) is -3.01. The number of hydrogen-bond donors (Lipinski definition) is 3. The Bertz CT molecular complexity index is 972. The van der Waals surface area contributed by atoms with Crippen LogP contribution in [0.15, 0.2) is 43.1 Å². The lowest BCUT2D eigenvalue weighted by atomic mass is 9.73. The Balaban J connectivity index is 0.000000431. The van der Waals surface area contributed by atoms with Crippen LogP contribution < -0.4 is 4.74 Å². The van der Waals surface area contributed by atoms with E-state index in [1.54, 1.807) is 13.3 Å². The molecule has 3 aliphatic heterocycles. The van der Waals surface area contributed by atoms with Crippen LogP contribution in [-0.2, 0) is 10.4 Å². The van der Waals surface area contributed by atoms with Gasteiger partial charge < -0.3 is 9.84 Å². The van der Waals surface area contributed by atoms with E-state index in [-0.39, 0.29) is 6.04 Å². The number of aliphatic hydroxyl groups excluding tert-OH is 1. The SMILES string of the molecule is C=CC1CN2CC[C@H]1C[C@@H]2[C@@H](O)c1ccnc2ccc(OC)cc12.O=S(=O)(O)O. The maximum absolute atomic E-state index is 11.2. The van der Waals surface area contributed by atoms with Crippen molar-refractivity contribution in [2.75, 3.05) is 20.2 Å². The molecule has 0 radical (unpaired) electrons. The van der Waals surface area contributed by atoms with Gasteiger partial charge in [0.25, 0.3) is 0 Å². The summed E-state index contributed by atoms with van der Waals surface area (Å²) in [6, 6.07) is 7.96. The van der Waals surface area contributed by atoms with Crippen molar-refractivity contribution in [3.63, 3.8) is 0 Å². The number of benzene rings is 1. The molecule has 1 aromatic carbocycles. The van der Waals surface area contributed by atoms with Gasteiger partial charge in [0.15, 0.2) is 0 Å². The van der Waals surface area contributed by atoms with Crippen LogP contribution in [-0.4, -0.2) is 58.8 Å². The minimum absolute atomic E-state index is 0.178. The Morgan fingerprint density at radius 3 is 2.66 bits per heavy atom. The molecule has 158 valence electrons. The minimum Gasteiger partial charge on any atom is -0.497 e. The lowest BCUT2D eigenvalue weighted by Crippen LogP contribution is -2.54. The Hall–Kier alpha value is -2.04. The molecule has 5 atom stereocenters. The van der Waals surface area contributed by atoms with Crippen LogP contribution in [0.1, 0.15) is 24.5 Å². The fourth-order valence-corrected chi connectivity index (χ4v) is 4.44. The maximum Gasteiger partial charge on any atom is 0.394 e. The molecule has 3 aliphatic rings. The lowest BCUT2D eigenvalue weighted by Gasteiger charge is -2.50. The highest BCUT2D eigenvalue weighted by Crippen LogP contribution is 2.42. The highest BCUT2D eigenvalue weighted by Gasteiger charge is 2.42. The molecule has 9 heteroatoms. The summed E-state index contributed by atoms with van der Waals surface area (Å²) >= 11 is 0. The molecule has 2 unspecified atom stereocenters. The van der Waals surface area contributed by atoms with Gasteiger partial charge in [-0.25, -0.2) is 0 Å². The molecular formula is C20H26N2O6S. The number of methoxy groups -OCH3 is 1. The number of ether oxygens (including phenoxy) is 1. The number of rotatable bonds is 4. The minimum atomic E-state index is -4.67. The summed E-state index contributed by atoms with van der Waals surface area (Å²) in [5.74, 6) is 2.01. The van der Waals surface area contributed by atoms with E-state index in [1.165, 1.54) is 6.42 Å². The van der Waals surface area contributed by atoms with Crippen molar-refractivity contribution in [2.45, 2.75) is 25.0 Å². The number of aromatic nitrogens is 1. The fourth-order valence-electron chi connectivity index (χ4n) is 4.44. The molecule has 1 aromatic heterocycles. The number of pyridine rings is 1. The normalized spacial score (nSPS) is 27.0. The molecule has 2 bridgehead atoms. The summed E-state index contributed by atoms with van der Waals surface area (Å²) in [6.07, 6.45) is 5.62. The van der Waals surface area contributed by atoms with Crippen LogP contribution in [0.4, 0.5) is 0 Å². The van der Waals surface area contributed by atoms with Gasteiger partial charge in [-0.05, 0) is 61.1 Å². The molecular weight excluding hydrogens is 396 g/mol. The molecule has 2 aromatic rings. The molecule has 0 aliphatic carbocycles. The first-order chi connectivity index (χ1) is 13.7. The van der Waals surface area contributed by atoms with Gasteiger partial charge in [-0.1, -0.05) is 6.08 Å². The van der Waals surface area contributed by atoms with E-state index in [4.69, 9.17) is 22.3 Å². The molecule has 3 fully saturated rings. The predicted octanol–water partition coefficient (Wildman–Crippen LogP) is 2.52. The average molecular weight is 423 g/mol. The Labute approximate surface area is 170 Å². The molecule has 3 N–H and O–H groups in total. The van der Waals surface area contributed by atoms with Gasteiger partial charge in [0, 0.05) is 24.2 Å². The topological polar surface area (TPSA) is 120 Å². The molecule has 5 rings (SSSR count). The second-order valence-corrected chi connectivity index (χ2v) is 8.32. The second-order valence-electron chi connectivity index (χ2n) is 7.42. The smallest absolute Gasteiger partial charge is 0.394 e. The molecule has 3 saturated heterocycles. The van der Waals surface area contributed by atoms with Crippen molar-refractivity contribution in [1.29, 1.82) is 0 Å². The zero-order valence-corrected chi connectivity index (χ0v) is 17.0. The van der Waals surface area contributed by atoms with Crippen molar-refractivity contribution in [3.8, 4) is 5.75 Å². The third-order valence-corrected chi connectivity index (χ3v) is 5.82. The monoisotopic (exact) mass is 422 g/mol. The van der Waals surface area contributed by atoms with Gasteiger partial charge in [-0.3, -0.25) is 19.0 Å².